The van der Waals surface area contributed by atoms with E-state index in [0.29, 0.717) is 0 Å². The van der Waals surface area contributed by atoms with Gasteiger partial charge in [0.1, 0.15) is 0 Å². The molecule has 0 aromatic heterocycles. The first kappa shape index (κ1) is 12.9. The highest BCUT2D eigenvalue weighted by molar-refractivity contribution is 7.86. The Morgan fingerprint density at radius 1 is 1.24 bits per heavy atom. The summed E-state index contributed by atoms with van der Waals surface area (Å²) in [5.74, 6) is -1.07. The molecular weight excluding hydrogens is 246 g/mol. The van der Waals surface area contributed by atoms with E-state index in [1.165, 1.54) is 24.3 Å². The van der Waals surface area contributed by atoms with Gasteiger partial charge in [0.2, 0.25) is 5.96 Å². The van der Waals surface area contributed by atoms with Crippen molar-refractivity contribution in [3.05, 3.63) is 30.3 Å². The van der Waals surface area contributed by atoms with Gasteiger partial charge in [-0.15, -0.1) is 4.28 Å². The molecule has 9 heteroatoms. The Balaban J connectivity index is 2.63. The Bertz CT molecular complexity index is 513. The molecule has 0 radical (unpaired) electrons. The lowest BCUT2D eigenvalue weighted by Crippen LogP contribution is -2.43. The van der Waals surface area contributed by atoms with Crippen LogP contribution in [0.4, 0.5) is 0 Å². The lowest BCUT2D eigenvalue weighted by atomic mass is 10.4. The maximum Gasteiger partial charge on any atom is 0.317 e. The monoisotopic (exact) mass is 257 g/mol. The van der Waals surface area contributed by atoms with E-state index >= 15 is 0 Å². The first-order chi connectivity index (χ1) is 7.92. The third-order valence-corrected chi connectivity index (χ3v) is 2.70. The molecule has 1 aromatic carbocycles. The molecule has 0 saturated carbocycles. The Morgan fingerprint density at radius 2 is 1.82 bits per heavy atom. The first-order valence-corrected chi connectivity index (χ1v) is 5.77. The van der Waals surface area contributed by atoms with Crippen LogP contribution in [0.15, 0.2) is 35.2 Å². The van der Waals surface area contributed by atoms with Gasteiger partial charge >= 0.3 is 10.1 Å². The molecule has 0 aliphatic rings. The van der Waals surface area contributed by atoms with Gasteiger partial charge < -0.3 is 5.73 Å². The first-order valence-electron chi connectivity index (χ1n) is 4.36. The summed E-state index contributed by atoms with van der Waals surface area (Å²) in [5, 5.41) is 15.9. The van der Waals surface area contributed by atoms with E-state index in [9.17, 15) is 8.42 Å². The molecule has 0 aliphatic heterocycles. The van der Waals surface area contributed by atoms with Crippen LogP contribution >= 0.6 is 0 Å². The predicted octanol–water partition coefficient (Wildman–Crippen LogP) is -0.686. The molecule has 8 nitrogen and oxygen atoms in total. The molecule has 0 unspecified atom stereocenters. The Kier molecular flexibility index (Phi) is 4.01. The maximum absolute atomic E-state index is 11.5. The van der Waals surface area contributed by atoms with Gasteiger partial charge in [0.25, 0.3) is 0 Å². The van der Waals surface area contributed by atoms with Gasteiger partial charge in [0.15, 0.2) is 5.96 Å². The van der Waals surface area contributed by atoms with Crippen LogP contribution in [0.25, 0.3) is 0 Å². The summed E-state index contributed by atoms with van der Waals surface area (Å²) < 4.78 is 27.4. The van der Waals surface area contributed by atoms with Crippen LogP contribution in [0.1, 0.15) is 0 Å². The molecule has 0 saturated heterocycles. The standard InChI is InChI=1S/C8H11N5O3S/c9-7(10)12-8(11)13-16-17(14,15)6-4-2-1-3-5-6/h1-5H,(H6,9,10,11,12,13). The molecule has 6 N–H and O–H groups in total. The van der Waals surface area contributed by atoms with Gasteiger partial charge in [0, 0.05) is 0 Å². The number of nitrogens with two attached hydrogens (primary N) is 1. The normalized spacial score (nSPS) is 10.6. The summed E-state index contributed by atoms with van der Waals surface area (Å²) in [4.78, 5) is -0.0527. The molecule has 0 amide bonds. The largest absolute Gasteiger partial charge is 0.370 e. The fraction of sp³-hybridized carbons (Fsp3) is 0. The molecule has 0 heterocycles. The number of nitrogens with one attached hydrogen (secondary N) is 4. The van der Waals surface area contributed by atoms with Crippen molar-refractivity contribution in [2.24, 2.45) is 5.73 Å². The fourth-order valence-corrected chi connectivity index (χ4v) is 1.67. The van der Waals surface area contributed by atoms with Crippen LogP contribution in [-0.2, 0) is 14.4 Å². The number of hydrogen-bond donors (Lipinski definition) is 5. The second-order valence-corrected chi connectivity index (χ2v) is 4.41. The van der Waals surface area contributed by atoms with Gasteiger partial charge in [-0.2, -0.15) is 8.42 Å². The van der Waals surface area contributed by atoms with Crippen LogP contribution in [-0.4, -0.2) is 20.3 Å². The maximum atomic E-state index is 11.5. The highest BCUT2D eigenvalue weighted by atomic mass is 32.2. The molecule has 0 aliphatic carbocycles. The van der Waals surface area contributed by atoms with E-state index in [2.05, 4.69) is 4.28 Å². The summed E-state index contributed by atoms with van der Waals surface area (Å²) in [6.45, 7) is 0. The van der Waals surface area contributed by atoms with Crippen molar-refractivity contribution in [3.8, 4) is 0 Å². The number of benzene rings is 1. The van der Waals surface area contributed by atoms with Crippen LogP contribution < -0.4 is 16.5 Å². The lowest BCUT2D eigenvalue weighted by Gasteiger charge is -2.08. The quantitative estimate of drug-likeness (QED) is 0.276. The SMILES string of the molecule is N=C(N)NC(=N)NOS(=O)(=O)c1ccccc1. The minimum Gasteiger partial charge on any atom is -0.370 e. The van der Waals surface area contributed by atoms with Crippen molar-refractivity contribution in [2.75, 3.05) is 0 Å². The second-order valence-electron chi connectivity index (χ2n) is 2.87. The van der Waals surface area contributed by atoms with E-state index in [0.717, 1.165) is 0 Å². The van der Waals surface area contributed by atoms with E-state index in [1.54, 1.807) is 6.07 Å². The molecular formula is C8H11N5O3S. The van der Waals surface area contributed by atoms with E-state index < -0.39 is 22.0 Å². The van der Waals surface area contributed by atoms with Gasteiger partial charge in [-0.25, -0.2) is 5.48 Å². The summed E-state index contributed by atoms with van der Waals surface area (Å²) in [7, 11) is -3.99. The van der Waals surface area contributed by atoms with Crippen molar-refractivity contribution >= 4 is 22.0 Å². The lowest BCUT2D eigenvalue weighted by molar-refractivity contribution is 0.263. The average molecular weight is 257 g/mol. The smallest absolute Gasteiger partial charge is 0.317 e. The molecule has 17 heavy (non-hydrogen) atoms. The fourth-order valence-electron chi connectivity index (χ4n) is 0.892. The summed E-state index contributed by atoms with van der Waals surface area (Å²) in [6.07, 6.45) is 0. The third-order valence-electron chi connectivity index (χ3n) is 1.54. The van der Waals surface area contributed by atoms with Crippen LogP contribution in [0.3, 0.4) is 0 Å². The van der Waals surface area contributed by atoms with Crippen molar-refractivity contribution in [2.45, 2.75) is 4.90 Å². The van der Waals surface area contributed by atoms with E-state index in [-0.39, 0.29) is 4.90 Å². The van der Waals surface area contributed by atoms with Gasteiger partial charge in [-0.05, 0) is 12.1 Å². The van der Waals surface area contributed by atoms with Crippen LogP contribution in [0.5, 0.6) is 0 Å². The van der Waals surface area contributed by atoms with Gasteiger partial charge in [-0.3, -0.25) is 16.1 Å². The van der Waals surface area contributed by atoms with Crippen molar-refractivity contribution in [1.82, 2.24) is 10.8 Å². The molecule has 1 rings (SSSR count). The molecule has 0 bridgehead atoms. The topological polar surface area (TPSA) is 141 Å². The molecule has 0 spiro atoms. The van der Waals surface area contributed by atoms with Crippen LogP contribution in [0, 0.1) is 10.8 Å². The minimum atomic E-state index is -3.99. The molecule has 1 aromatic rings. The third kappa shape index (κ3) is 4.09. The summed E-state index contributed by atoms with van der Waals surface area (Å²) in [5.41, 5.74) is 6.75. The molecule has 92 valence electrons. The zero-order valence-electron chi connectivity index (χ0n) is 8.60. The number of hydrogen-bond acceptors (Lipinski definition) is 5. The van der Waals surface area contributed by atoms with Crippen molar-refractivity contribution in [1.29, 1.82) is 10.8 Å². The minimum absolute atomic E-state index is 0.0527. The number of hydroxylamine groups is 1. The Labute approximate surface area is 97.9 Å². The van der Waals surface area contributed by atoms with Gasteiger partial charge in [0.05, 0.1) is 4.90 Å². The van der Waals surface area contributed by atoms with Gasteiger partial charge in [-0.1, -0.05) is 18.2 Å². The van der Waals surface area contributed by atoms with Crippen molar-refractivity contribution < 1.29 is 12.7 Å². The van der Waals surface area contributed by atoms with E-state index in [1.807, 2.05) is 10.8 Å². The van der Waals surface area contributed by atoms with E-state index in [4.69, 9.17) is 16.6 Å². The number of rotatable bonds is 3. The predicted molar refractivity (Wildman–Crippen MR) is 60.6 cm³/mol. The average Bonchev–Trinajstić information content (AvgIpc) is 2.27. The van der Waals surface area contributed by atoms with Crippen LogP contribution in [0.2, 0.25) is 0 Å². The Hall–Kier alpha value is -2.13. The zero-order valence-corrected chi connectivity index (χ0v) is 9.41. The summed E-state index contributed by atoms with van der Waals surface area (Å²) in [6, 6.07) is 7.43. The molecule has 0 fully saturated rings. The number of guanidine groups is 2. The Morgan fingerprint density at radius 3 is 2.35 bits per heavy atom. The van der Waals surface area contributed by atoms with Crippen molar-refractivity contribution in [3.63, 3.8) is 0 Å². The highest BCUT2D eigenvalue weighted by Crippen LogP contribution is 2.09. The summed E-state index contributed by atoms with van der Waals surface area (Å²) >= 11 is 0. The zero-order chi connectivity index (χ0) is 12.9. The highest BCUT2D eigenvalue weighted by Gasteiger charge is 2.15. The second kappa shape index (κ2) is 5.27. The molecule has 0 atom stereocenters.